The van der Waals surface area contributed by atoms with Crippen LogP contribution in [-0.4, -0.2) is 18.1 Å². The first-order valence-corrected chi connectivity index (χ1v) is 7.81. The lowest BCUT2D eigenvalue weighted by Gasteiger charge is -2.26. The van der Waals surface area contributed by atoms with E-state index in [0.29, 0.717) is 6.54 Å². The molecule has 0 unspecified atom stereocenters. The summed E-state index contributed by atoms with van der Waals surface area (Å²) >= 11 is 0. The summed E-state index contributed by atoms with van der Waals surface area (Å²) in [6, 6.07) is 12.9. The number of fused-ring (bicyclic) bond motifs is 1. The predicted octanol–water partition coefficient (Wildman–Crippen LogP) is 3.37. The van der Waals surface area contributed by atoms with Crippen molar-refractivity contribution < 1.29 is 0 Å². The van der Waals surface area contributed by atoms with Crippen molar-refractivity contribution in [2.24, 2.45) is 5.73 Å². The van der Waals surface area contributed by atoms with Crippen LogP contribution in [0.5, 0.6) is 0 Å². The van der Waals surface area contributed by atoms with Crippen LogP contribution in [0.3, 0.4) is 0 Å². The van der Waals surface area contributed by atoms with E-state index < -0.39 is 0 Å². The van der Waals surface area contributed by atoms with Crippen LogP contribution in [0, 0.1) is 6.92 Å². The minimum atomic E-state index is 0.702. The average Bonchev–Trinajstić information content (AvgIpc) is 2.97. The van der Waals surface area contributed by atoms with Crippen LogP contribution in [0.15, 0.2) is 36.4 Å². The van der Waals surface area contributed by atoms with Gasteiger partial charge in [-0.15, -0.1) is 0 Å². The van der Waals surface area contributed by atoms with Crippen molar-refractivity contribution in [3.8, 4) is 0 Å². The van der Waals surface area contributed by atoms with E-state index >= 15 is 0 Å². The van der Waals surface area contributed by atoms with Gasteiger partial charge in [0.25, 0.3) is 0 Å². The average molecular weight is 281 g/mol. The lowest BCUT2D eigenvalue weighted by molar-refractivity contribution is 0.805. The zero-order valence-electron chi connectivity index (χ0n) is 12.7. The second-order valence-electron chi connectivity index (χ2n) is 5.71. The number of nitrogens with zero attached hydrogens (tertiary/aromatic N) is 2. The highest BCUT2D eigenvalue weighted by atomic mass is 15.2. The fraction of sp³-hybridized carbons (Fsp3) is 0.389. The second kappa shape index (κ2) is 6.27. The van der Waals surface area contributed by atoms with Gasteiger partial charge in [-0.05, 0) is 62.4 Å². The Kier molecular flexibility index (Phi) is 4.20. The van der Waals surface area contributed by atoms with Gasteiger partial charge in [0.15, 0.2) is 0 Å². The van der Waals surface area contributed by atoms with E-state index in [1.165, 1.54) is 35.3 Å². The zero-order chi connectivity index (χ0) is 14.7. The maximum Gasteiger partial charge on any atom is 0.133 e. The number of aryl methyl sites for hydroxylation is 3. The largest absolute Gasteiger partial charge is 0.330 e. The van der Waals surface area contributed by atoms with E-state index in [1.54, 1.807) is 0 Å². The monoisotopic (exact) mass is 281 g/mol. The molecule has 3 rings (SSSR count). The third kappa shape index (κ3) is 2.93. The number of hydrogen-bond donors (Lipinski definition) is 1. The highest BCUT2D eigenvalue weighted by Gasteiger charge is 2.17. The van der Waals surface area contributed by atoms with Gasteiger partial charge in [-0.25, -0.2) is 4.98 Å². The summed E-state index contributed by atoms with van der Waals surface area (Å²) in [4.78, 5) is 7.22. The standard InChI is InChI=1S/C18H23N3/c1-14-6-2-3-9-17(14)21(13-5-12-19)18-11-10-15-7-4-8-16(15)20-18/h2-3,6,9-11H,4-5,7-8,12-13,19H2,1H3. The molecule has 21 heavy (non-hydrogen) atoms. The van der Waals surface area contributed by atoms with E-state index in [2.05, 4.69) is 48.2 Å². The molecular weight excluding hydrogens is 258 g/mol. The molecule has 0 saturated carbocycles. The Morgan fingerprint density at radius 3 is 2.81 bits per heavy atom. The summed E-state index contributed by atoms with van der Waals surface area (Å²) < 4.78 is 0. The summed E-state index contributed by atoms with van der Waals surface area (Å²) in [5.41, 5.74) is 10.9. The molecule has 1 aliphatic carbocycles. The number of anilines is 2. The van der Waals surface area contributed by atoms with Gasteiger partial charge >= 0.3 is 0 Å². The molecule has 110 valence electrons. The van der Waals surface area contributed by atoms with Crippen molar-refractivity contribution in [1.82, 2.24) is 4.98 Å². The minimum Gasteiger partial charge on any atom is -0.330 e. The fourth-order valence-corrected chi connectivity index (χ4v) is 3.03. The van der Waals surface area contributed by atoms with Crippen LogP contribution < -0.4 is 10.6 Å². The molecule has 3 nitrogen and oxygen atoms in total. The van der Waals surface area contributed by atoms with Crippen molar-refractivity contribution >= 4 is 11.5 Å². The molecule has 0 fully saturated rings. The Labute approximate surface area is 126 Å². The first-order valence-electron chi connectivity index (χ1n) is 7.81. The predicted molar refractivity (Wildman–Crippen MR) is 88.1 cm³/mol. The quantitative estimate of drug-likeness (QED) is 0.913. The first kappa shape index (κ1) is 14.1. The van der Waals surface area contributed by atoms with Crippen LogP contribution in [0.4, 0.5) is 11.5 Å². The molecule has 1 aromatic heterocycles. The van der Waals surface area contributed by atoms with Gasteiger partial charge in [-0.2, -0.15) is 0 Å². The maximum atomic E-state index is 5.71. The molecule has 2 aromatic rings. The van der Waals surface area contributed by atoms with E-state index in [0.717, 1.165) is 25.2 Å². The third-order valence-corrected chi connectivity index (χ3v) is 4.18. The molecule has 0 spiro atoms. The molecule has 0 radical (unpaired) electrons. The molecule has 2 N–H and O–H groups in total. The Hall–Kier alpha value is -1.87. The second-order valence-corrected chi connectivity index (χ2v) is 5.71. The van der Waals surface area contributed by atoms with Gasteiger partial charge in [0.1, 0.15) is 5.82 Å². The normalized spacial score (nSPS) is 13.2. The highest BCUT2D eigenvalue weighted by Crippen LogP contribution is 2.29. The lowest BCUT2D eigenvalue weighted by Crippen LogP contribution is -2.23. The molecule has 0 atom stereocenters. The van der Waals surface area contributed by atoms with Crippen molar-refractivity contribution in [2.75, 3.05) is 18.0 Å². The zero-order valence-corrected chi connectivity index (χ0v) is 12.7. The Morgan fingerprint density at radius 1 is 1.14 bits per heavy atom. The Balaban J connectivity index is 1.97. The molecular formula is C18H23N3. The number of pyridine rings is 1. The van der Waals surface area contributed by atoms with E-state index in [4.69, 9.17) is 10.7 Å². The molecule has 0 saturated heterocycles. The van der Waals surface area contributed by atoms with Gasteiger partial charge in [0, 0.05) is 17.9 Å². The molecule has 3 heteroatoms. The van der Waals surface area contributed by atoms with Gasteiger partial charge in [0.05, 0.1) is 0 Å². The number of hydrogen-bond acceptors (Lipinski definition) is 3. The molecule has 1 heterocycles. The van der Waals surface area contributed by atoms with Crippen molar-refractivity contribution in [2.45, 2.75) is 32.6 Å². The smallest absolute Gasteiger partial charge is 0.133 e. The number of para-hydroxylation sites is 1. The van der Waals surface area contributed by atoms with Crippen LogP contribution in [-0.2, 0) is 12.8 Å². The molecule has 1 aliphatic rings. The van der Waals surface area contributed by atoms with Crippen LogP contribution in [0.2, 0.25) is 0 Å². The minimum absolute atomic E-state index is 0.702. The summed E-state index contributed by atoms with van der Waals surface area (Å²) in [5, 5.41) is 0. The van der Waals surface area contributed by atoms with Crippen molar-refractivity contribution in [1.29, 1.82) is 0 Å². The highest BCUT2D eigenvalue weighted by molar-refractivity contribution is 5.64. The van der Waals surface area contributed by atoms with Gasteiger partial charge in [0.2, 0.25) is 0 Å². The Bertz CT molecular complexity index is 622. The summed E-state index contributed by atoms with van der Waals surface area (Å²) in [5.74, 6) is 1.05. The maximum absolute atomic E-state index is 5.71. The van der Waals surface area contributed by atoms with E-state index in [-0.39, 0.29) is 0 Å². The van der Waals surface area contributed by atoms with E-state index in [9.17, 15) is 0 Å². The number of rotatable bonds is 5. The number of aromatic nitrogens is 1. The van der Waals surface area contributed by atoms with Crippen LogP contribution >= 0.6 is 0 Å². The molecule has 0 amide bonds. The Morgan fingerprint density at radius 2 is 2.00 bits per heavy atom. The van der Waals surface area contributed by atoms with Crippen molar-refractivity contribution in [3.05, 3.63) is 53.2 Å². The third-order valence-electron chi connectivity index (χ3n) is 4.18. The first-order chi connectivity index (χ1) is 10.3. The van der Waals surface area contributed by atoms with Crippen LogP contribution in [0.1, 0.15) is 29.7 Å². The molecule has 0 bridgehead atoms. The lowest BCUT2D eigenvalue weighted by atomic mass is 10.1. The van der Waals surface area contributed by atoms with Crippen LogP contribution in [0.25, 0.3) is 0 Å². The summed E-state index contributed by atoms with van der Waals surface area (Å²) in [6.07, 6.45) is 4.49. The van der Waals surface area contributed by atoms with Crippen molar-refractivity contribution in [3.63, 3.8) is 0 Å². The number of nitrogens with two attached hydrogens (primary N) is 1. The molecule has 0 aliphatic heterocycles. The summed E-state index contributed by atoms with van der Waals surface area (Å²) in [7, 11) is 0. The van der Waals surface area contributed by atoms with Gasteiger partial charge in [-0.3, -0.25) is 0 Å². The number of benzene rings is 1. The topological polar surface area (TPSA) is 42.1 Å². The summed E-state index contributed by atoms with van der Waals surface area (Å²) in [6.45, 7) is 3.76. The van der Waals surface area contributed by atoms with Gasteiger partial charge in [-0.1, -0.05) is 24.3 Å². The SMILES string of the molecule is Cc1ccccc1N(CCCN)c1ccc2c(n1)CCC2. The fourth-order valence-electron chi connectivity index (χ4n) is 3.03. The van der Waals surface area contributed by atoms with E-state index in [1.807, 2.05) is 0 Å². The van der Waals surface area contributed by atoms with Gasteiger partial charge < -0.3 is 10.6 Å². The molecule has 1 aromatic carbocycles.